The van der Waals surface area contributed by atoms with Gasteiger partial charge in [0, 0.05) is 25.4 Å². The lowest BCUT2D eigenvalue weighted by Crippen LogP contribution is -2.07. The first-order valence-corrected chi connectivity index (χ1v) is 5.14. The monoisotopic (exact) mass is 219 g/mol. The van der Waals surface area contributed by atoms with Crippen LogP contribution in [0, 0.1) is 5.82 Å². The molecule has 2 aromatic rings. The predicted octanol–water partition coefficient (Wildman–Crippen LogP) is 1.95. The SMILES string of the molecule is CNCc1cc(F)ccc1-c1ccnn1C. The summed E-state index contributed by atoms with van der Waals surface area (Å²) in [7, 11) is 3.72. The third-order valence-electron chi connectivity index (χ3n) is 2.53. The summed E-state index contributed by atoms with van der Waals surface area (Å²) in [4.78, 5) is 0. The van der Waals surface area contributed by atoms with Crippen LogP contribution < -0.4 is 5.32 Å². The van der Waals surface area contributed by atoms with Gasteiger partial charge in [0.15, 0.2) is 0 Å². The van der Waals surface area contributed by atoms with Crippen LogP contribution in [0.15, 0.2) is 30.5 Å². The van der Waals surface area contributed by atoms with Crippen molar-refractivity contribution < 1.29 is 4.39 Å². The summed E-state index contributed by atoms with van der Waals surface area (Å²) in [6.07, 6.45) is 1.74. The summed E-state index contributed by atoms with van der Waals surface area (Å²) in [6, 6.07) is 6.74. The molecule has 0 atom stereocenters. The highest BCUT2D eigenvalue weighted by atomic mass is 19.1. The molecule has 0 saturated carbocycles. The molecule has 84 valence electrons. The summed E-state index contributed by atoms with van der Waals surface area (Å²) in [5.74, 6) is -0.212. The van der Waals surface area contributed by atoms with Gasteiger partial charge in [0.2, 0.25) is 0 Å². The van der Waals surface area contributed by atoms with Crippen LogP contribution >= 0.6 is 0 Å². The number of hydrogen-bond acceptors (Lipinski definition) is 2. The van der Waals surface area contributed by atoms with Gasteiger partial charge in [-0.25, -0.2) is 4.39 Å². The Bertz CT molecular complexity index is 491. The Morgan fingerprint density at radius 3 is 2.81 bits per heavy atom. The highest BCUT2D eigenvalue weighted by Gasteiger charge is 2.08. The highest BCUT2D eigenvalue weighted by Crippen LogP contribution is 2.23. The summed E-state index contributed by atoms with van der Waals surface area (Å²) < 4.78 is 14.9. The summed E-state index contributed by atoms with van der Waals surface area (Å²) in [6.45, 7) is 0.637. The van der Waals surface area contributed by atoms with E-state index in [1.54, 1.807) is 23.0 Å². The Kier molecular flexibility index (Phi) is 3.01. The van der Waals surface area contributed by atoms with Gasteiger partial charge in [0.1, 0.15) is 5.82 Å². The third kappa shape index (κ3) is 1.97. The molecule has 1 aromatic heterocycles. The number of halogens is 1. The van der Waals surface area contributed by atoms with Crippen molar-refractivity contribution in [2.45, 2.75) is 6.54 Å². The van der Waals surface area contributed by atoms with Gasteiger partial charge in [0.25, 0.3) is 0 Å². The normalized spacial score (nSPS) is 10.7. The number of aromatic nitrogens is 2. The van der Waals surface area contributed by atoms with Crippen molar-refractivity contribution in [2.24, 2.45) is 7.05 Å². The van der Waals surface area contributed by atoms with E-state index in [1.807, 2.05) is 20.2 Å². The maximum atomic E-state index is 13.2. The number of aryl methyl sites for hydroxylation is 1. The van der Waals surface area contributed by atoms with Gasteiger partial charge in [-0.05, 0) is 36.9 Å². The van der Waals surface area contributed by atoms with E-state index in [4.69, 9.17) is 0 Å². The quantitative estimate of drug-likeness (QED) is 0.855. The van der Waals surface area contributed by atoms with Crippen LogP contribution in [0.25, 0.3) is 11.3 Å². The lowest BCUT2D eigenvalue weighted by atomic mass is 10.0. The number of nitrogens with one attached hydrogen (secondary N) is 1. The Labute approximate surface area is 93.9 Å². The molecule has 0 amide bonds. The molecule has 0 aliphatic rings. The minimum atomic E-state index is -0.212. The van der Waals surface area contributed by atoms with E-state index in [0.29, 0.717) is 6.54 Å². The zero-order valence-corrected chi connectivity index (χ0v) is 9.37. The molecular weight excluding hydrogens is 205 g/mol. The zero-order chi connectivity index (χ0) is 11.5. The van der Waals surface area contributed by atoms with E-state index >= 15 is 0 Å². The van der Waals surface area contributed by atoms with Crippen molar-refractivity contribution in [3.8, 4) is 11.3 Å². The lowest BCUT2D eigenvalue weighted by Gasteiger charge is -2.09. The summed E-state index contributed by atoms with van der Waals surface area (Å²) >= 11 is 0. The molecule has 0 saturated heterocycles. The van der Waals surface area contributed by atoms with Crippen LogP contribution in [0.4, 0.5) is 4.39 Å². The fourth-order valence-corrected chi connectivity index (χ4v) is 1.79. The maximum absolute atomic E-state index is 13.2. The van der Waals surface area contributed by atoms with Crippen LogP contribution in [0.3, 0.4) is 0 Å². The molecule has 1 aromatic carbocycles. The van der Waals surface area contributed by atoms with Gasteiger partial charge in [-0.15, -0.1) is 0 Å². The highest BCUT2D eigenvalue weighted by molar-refractivity contribution is 5.63. The van der Waals surface area contributed by atoms with Crippen molar-refractivity contribution >= 4 is 0 Å². The van der Waals surface area contributed by atoms with E-state index in [1.165, 1.54) is 6.07 Å². The Morgan fingerprint density at radius 1 is 1.38 bits per heavy atom. The minimum Gasteiger partial charge on any atom is -0.316 e. The number of nitrogens with zero attached hydrogens (tertiary/aromatic N) is 2. The molecule has 0 spiro atoms. The molecule has 1 N–H and O–H groups in total. The second-order valence-electron chi connectivity index (χ2n) is 3.67. The summed E-state index contributed by atoms with van der Waals surface area (Å²) in [5.41, 5.74) is 2.94. The first kappa shape index (κ1) is 10.8. The van der Waals surface area contributed by atoms with E-state index in [0.717, 1.165) is 16.8 Å². The van der Waals surface area contributed by atoms with Gasteiger partial charge in [-0.2, -0.15) is 5.10 Å². The van der Waals surface area contributed by atoms with E-state index in [2.05, 4.69) is 10.4 Å². The van der Waals surface area contributed by atoms with Crippen molar-refractivity contribution in [3.05, 3.63) is 41.8 Å². The average Bonchev–Trinajstić information content (AvgIpc) is 2.65. The Morgan fingerprint density at radius 2 is 2.19 bits per heavy atom. The lowest BCUT2D eigenvalue weighted by molar-refractivity contribution is 0.624. The first-order chi connectivity index (χ1) is 7.72. The molecule has 0 unspecified atom stereocenters. The molecule has 2 rings (SSSR count). The molecule has 0 fully saturated rings. The molecule has 4 heteroatoms. The average molecular weight is 219 g/mol. The molecule has 1 heterocycles. The molecular formula is C12H14FN3. The molecule has 3 nitrogen and oxygen atoms in total. The second kappa shape index (κ2) is 4.45. The molecule has 0 bridgehead atoms. The van der Waals surface area contributed by atoms with Crippen molar-refractivity contribution in [1.82, 2.24) is 15.1 Å². The summed E-state index contributed by atoms with van der Waals surface area (Å²) in [5, 5.41) is 7.16. The Balaban J connectivity index is 2.51. The van der Waals surface area contributed by atoms with Crippen molar-refractivity contribution in [3.63, 3.8) is 0 Å². The number of hydrogen-bond donors (Lipinski definition) is 1. The van der Waals surface area contributed by atoms with Crippen LogP contribution in [0.1, 0.15) is 5.56 Å². The fraction of sp³-hybridized carbons (Fsp3) is 0.250. The van der Waals surface area contributed by atoms with Gasteiger partial charge >= 0.3 is 0 Å². The smallest absolute Gasteiger partial charge is 0.123 e. The van der Waals surface area contributed by atoms with E-state index < -0.39 is 0 Å². The fourth-order valence-electron chi connectivity index (χ4n) is 1.79. The van der Waals surface area contributed by atoms with Crippen LogP contribution in [-0.2, 0) is 13.6 Å². The van der Waals surface area contributed by atoms with Crippen LogP contribution in [-0.4, -0.2) is 16.8 Å². The standard InChI is InChI=1S/C12H14FN3/c1-14-8-9-7-10(13)3-4-11(9)12-5-6-15-16(12)2/h3-7,14H,8H2,1-2H3. The molecule has 0 radical (unpaired) electrons. The number of benzene rings is 1. The largest absolute Gasteiger partial charge is 0.316 e. The van der Waals surface area contributed by atoms with Crippen LogP contribution in [0.2, 0.25) is 0 Å². The van der Waals surface area contributed by atoms with Gasteiger partial charge < -0.3 is 5.32 Å². The van der Waals surface area contributed by atoms with Crippen molar-refractivity contribution in [2.75, 3.05) is 7.05 Å². The van der Waals surface area contributed by atoms with E-state index in [-0.39, 0.29) is 5.82 Å². The van der Waals surface area contributed by atoms with Crippen LogP contribution in [0.5, 0.6) is 0 Å². The first-order valence-electron chi connectivity index (χ1n) is 5.14. The maximum Gasteiger partial charge on any atom is 0.123 e. The predicted molar refractivity (Wildman–Crippen MR) is 61.4 cm³/mol. The molecule has 0 aliphatic heterocycles. The van der Waals surface area contributed by atoms with Gasteiger partial charge in [-0.1, -0.05) is 0 Å². The Hall–Kier alpha value is -1.68. The van der Waals surface area contributed by atoms with Crippen molar-refractivity contribution in [1.29, 1.82) is 0 Å². The van der Waals surface area contributed by atoms with E-state index in [9.17, 15) is 4.39 Å². The second-order valence-corrected chi connectivity index (χ2v) is 3.67. The minimum absolute atomic E-state index is 0.212. The zero-order valence-electron chi connectivity index (χ0n) is 9.37. The topological polar surface area (TPSA) is 29.9 Å². The van der Waals surface area contributed by atoms with Gasteiger partial charge in [0.05, 0.1) is 5.69 Å². The van der Waals surface area contributed by atoms with Gasteiger partial charge in [-0.3, -0.25) is 4.68 Å². The molecule has 0 aliphatic carbocycles. The number of rotatable bonds is 3. The molecule has 16 heavy (non-hydrogen) atoms. The third-order valence-corrected chi connectivity index (χ3v) is 2.53.